The topological polar surface area (TPSA) is 47.6 Å². The molecule has 0 N–H and O–H groups in total. The van der Waals surface area contributed by atoms with Gasteiger partial charge in [0, 0.05) is 0 Å². The van der Waals surface area contributed by atoms with Crippen LogP contribution in [0.4, 0.5) is 17.6 Å². The van der Waals surface area contributed by atoms with Crippen molar-refractivity contribution in [2.24, 2.45) is 0 Å². The molecule has 0 aliphatic heterocycles. The molecule has 0 aliphatic carbocycles. The van der Waals surface area contributed by atoms with Crippen LogP contribution < -0.4 is 0 Å². The summed E-state index contributed by atoms with van der Waals surface area (Å²) in [5.74, 6) is -1.24. The summed E-state index contributed by atoms with van der Waals surface area (Å²) in [5.41, 5.74) is -2.83. The van der Waals surface area contributed by atoms with Crippen LogP contribution in [0.25, 0.3) is 0 Å². The van der Waals surface area contributed by atoms with Gasteiger partial charge in [-0.3, -0.25) is 0 Å². The van der Waals surface area contributed by atoms with E-state index in [1.54, 1.807) is 0 Å². The summed E-state index contributed by atoms with van der Waals surface area (Å²) >= 11 is 0. The molecular formula is C10H4F4N2. The average Bonchev–Trinajstić information content (AvgIpc) is 2.18. The molecule has 0 unspecified atom stereocenters. The molecule has 1 rings (SSSR count). The highest BCUT2D eigenvalue weighted by molar-refractivity contribution is 5.46. The van der Waals surface area contributed by atoms with Gasteiger partial charge in [0.15, 0.2) is 0 Å². The van der Waals surface area contributed by atoms with E-state index in [2.05, 4.69) is 0 Å². The molecule has 0 spiro atoms. The van der Waals surface area contributed by atoms with Gasteiger partial charge in [-0.05, 0) is 11.6 Å². The van der Waals surface area contributed by atoms with Crippen LogP contribution in [0.1, 0.15) is 16.7 Å². The molecule has 0 saturated heterocycles. The van der Waals surface area contributed by atoms with E-state index in [0.29, 0.717) is 0 Å². The van der Waals surface area contributed by atoms with Gasteiger partial charge in [-0.2, -0.15) is 23.7 Å². The normalized spacial score (nSPS) is 10.6. The predicted octanol–water partition coefficient (Wildman–Crippen LogP) is 2.78. The number of halogens is 4. The van der Waals surface area contributed by atoms with Gasteiger partial charge in [0.2, 0.25) is 0 Å². The highest BCUT2D eigenvalue weighted by Gasteiger charge is 2.37. The molecule has 6 heteroatoms. The fraction of sp³-hybridized carbons (Fsp3) is 0.200. The first-order valence-electron chi connectivity index (χ1n) is 4.07. The van der Waals surface area contributed by atoms with Gasteiger partial charge in [0.1, 0.15) is 17.4 Å². The summed E-state index contributed by atoms with van der Waals surface area (Å²) in [6.45, 7) is 0. The van der Waals surface area contributed by atoms with E-state index in [-0.39, 0.29) is 0 Å². The van der Waals surface area contributed by atoms with Crippen molar-refractivity contribution in [2.45, 2.75) is 12.6 Å². The second-order valence-electron chi connectivity index (χ2n) is 2.90. The molecule has 0 aliphatic rings. The predicted molar refractivity (Wildman–Crippen MR) is 45.4 cm³/mol. The highest BCUT2D eigenvalue weighted by atomic mass is 19.4. The first-order valence-corrected chi connectivity index (χ1v) is 4.07. The summed E-state index contributed by atoms with van der Waals surface area (Å²) < 4.78 is 50.7. The van der Waals surface area contributed by atoms with E-state index >= 15 is 0 Å². The quantitative estimate of drug-likeness (QED) is 0.694. The molecule has 2 nitrogen and oxygen atoms in total. The van der Waals surface area contributed by atoms with Crippen molar-refractivity contribution in [3.8, 4) is 12.1 Å². The Bertz CT molecular complexity index is 491. The van der Waals surface area contributed by atoms with Crippen LogP contribution in [-0.2, 0) is 12.6 Å². The monoisotopic (exact) mass is 228 g/mol. The number of hydrogen-bond acceptors (Lipinski definition) is 2. The smallest absolute Gasteiger partial charge is 0.206 e. The largest absolute Gasteiger partial charge is 0.418 e. The molecule has 0 bridgehead atoms. The van der Waals surface area contributed by atoms with Gasteiger partial charge in [0.25, 0.3) is 0 Å². The van der Waals surface area contributed by atoms with E-state index in [1.165, 1.54) is 6.07 Å². The van der Waals surface area contributed by atoms with E-state index in [1.807, 2.05) is 0 Å². The van der Waals surface area contributed by atoms with Crippen LogP contribution in [0.5, 0.6) is 0 Å². The number of nitriles is 2. The Morgan fingerprint density at radius 1 is 1.19 bits per heavy atom. The minimum absolute atomic E-state index is 0.395. The van der Waals surface area contributed by atoms with E-state index in [4.69, 9.17) is 10.5 Å². The Morgan fingerprint density at radius 3 is 2.25 bits per heavy atom. The number of alkyl halides is 3. The van der Waals surface area contributed by atoms with Gasteiger partial charge in [-0.25, -0.2) is 4.39 Å². The molecule has 0 aromatic heterocycles. The molecular weight excluding hydrogens is 224 g/mol. The maximum Gasteiger partial charge on any atom is 0.418 e. The number of rotatable bonds is 1. The van der Waals surface area contributed by atoms with E-state index < -0.39 is 35.1 Å². The molecule has 0 atom stereocenters. The third kappa shape index (κ3) is 2.12. The van der Waals surface area contributed by atoms with Crippen molar-refractivity contribution in [3.05, 3.63) is 34.6 Å². The summed E-state index contributed by atoms with van der Waals surface area (Å²) in [7, 11) is 0. The first-order chi connectivity index (χ1) is 7.41. The lowest BCUT2D eigenvalue weighted by Gasteiger charge is -2.12. The zero-order valence-corrected chi connectivity index (χ0v) is 7.77. The minimum atomic E-state index is -4.85. The SMILES string of the molecule is N#CCc1ccc(F)c(C#N)c1C(F)(F)F. The molecule has 0 heterocycles. The molecule has 1 aromatic rings. The Hall–Kier alpha value is -2.08. The fourth-order valence-corrected chi connectivity index (χ4v) is 1.29. The van der Waals surface area contributed by atoms with E-state index in [9.17, 15) is 17.6 Å². The fourth-order valence-electron chi connectivity index (χ4n) is 1.29. The molecule has 0 amide bonds. The zero-order chi connectivity index (χ0) is 12.3. The second kappa shape index (κ2) is 4.19. The Kier molecular flexibility index (Phi) is 3.14. The lowest BCUT2D eigenvalue weighted by Crippen LogP contribution is -2.13. The van der Waals surface area contributed by atoms with Crippen molar-refractivity contribution in [1.29, 1.82) is 10.5 Å². The van der Waals surface area contributed by atoms with Crippen LogP contribution in [0.2, 0.25) is 0 Å². The van der Waals surface area contributed by atoms with Crippen molar-refractivity contribution in [3.63, 3.8) is 0 Å². The van der Waals surface area contributed by atoms with Gasteiger partial charge < -0.3 is 0 Å². The van der Waals surface area contributed by atoms with Crippen molar-refractivity contribution < 1.29 is 17.6 Å². The van der Waals surface area contributed by atoms with Gasteiger partial charge in [-0.15, -0.1) is 0 Å². The van der Waals surface area contributed by atoms with E-state index in [0.717, 1.165) is 18.2 Å². The zero-order valence-electron chi connectivity index (χ0n) is 7.77. The van der Waals surface area contributed by atoms with Crippen LogP contribution in [-0.4, -0.2) is 0 Å². The minimum Gasteiger partial charge on any atom is -0.206 e. The van der Waals surface area contributed by atoms with Gasteiger partial charge >= 0.3 is 6.18 Å². The summed E-state index contributed by atoms with van der Waals surface area (Å²) in [6, 6.07) is 4.31. The lowest BCUT2D eigenvalue weighted by atomic mass is 9.99. The second-order valence-corrected chi connectivity index (χ2v) is 2.90. The number of hydrogen-bond donors (Lipinski definition) is 0. The maximum absolute atomic E-state index is 13.0. The molecule has 1 aromatic carbocycles. The lowest BCUT2D eigenvalue weighted by molar-refractivity contribution is -0.138. The van der Waals surface area contributed by atoms with Crippen molar-refractivity contribution in [2.75, 3.05) is 0 Å². The third-order valence-corrected chi connectivity index (χ3v) is 1.91. The van der Waals surface area contributed by atoms with Crippen LogP contribution in [0.3, 0.4) is 0 Å². The van der Waals surface area contributed by atoms with Crippen LogP contribution in [0.15, 0.2) is 12.1 Å². The molecule has 82 valence electrons. The van der Waals surface area contributed by atoms with Crippen LogP contribution >= 0.6 is 0 Å². The molecule has 0 fully saturated rings. The molecule has 0 radical (unpaired) electrons. The summed E-state index contributed by atoms with van der Waals surface area (Å²) in [6.07, 6.45) is -5.37. The molecule has 0 saturated carbocycles. The van der Waals surface area contributed by atoms with Gasteiger partial charge in [-0.1, -0.05) is 6.07 Å². The summed E-state index contributed by atoms with van der Waals surface area (Å²) in [5, 5.41) is 16.8. The standard InChI is InChI=1S/C10H4F4N2/c11-8-2-1-6(3-4-15)9(7(8)5-16)10(12,13)14/h1-2H,3H2. The average molecular weight is 228 g/mol. The number of benzene rings is 1. The Morgan fingerprint density at radius 2 is 1.81 bits per heavy atom. The van der Waals surface area contributed by atoms with Crippen LogP contribution in [0, 0.1) is 28.5 Å². The summed E-state index contributed by atoms with van der Waals surface area (Å²) in [4.78, 5) is 0. The molecule has 16 heavy (non-hydrogen) atoms. The third-order valence-electron chi connectivity index (χ3n) is 1.91. The first kappa shape index (κ1) is 12.0. The van der Waals surface area contributed by atoms with Crippen molar-refractivity contribution in [1.82, 2.24) is 0 Å². The Balaban J connectivity index is 3.57. The van der Waals surface area contributed by atoms with Crippen molar-refractivity contribution >= 4 is 0 Å². The highest BCUT2D eigenvalue weighted by Crippen LogP contribution is 2.35. The number of nitrogens with zero attached hydrogens (tertiary/aromatic N) is 2. The maximum atomic E-state index is 13.0. The Labute approximate surface area is 88.3 Å². The van der Waals surface area contributed by atoms with Gasteiger partial charge in [0.05, 0.1) is 18.1 Å².